The summed E-state index contributed by atoms with van der Waals surface area (Å²) in [5, 5.41) is 27.0. The number of nitrogens with zero attached hydrogens (tertiary/aromatic N) is 3. The van der Waals surface area contributed by atoms with Crippen molar-refractivity contribution in [3.05, 3.63) is 38.4 Å². The number of non-ortho nitro benzene ring substituents is 1. The van der Waals surface area contributed by atoms with Crippen LogP contribution in [0.3, 0.4) is 0 Å². The predicted molar refractivity (Wildman–Crippen MR) is 175 cm³/mol. The van der Waals surface area contributed by atoms with Crippen LogP contribution in [0.15, 0.2) is 23.3 Å². The second-order valence-electron chi connectivity index (χ2n) is 13.9. The Balaban J connectivity index is 1.72. The van der Waals surface area contributed by atoms with Crippen LogP contribution in [0.25, 0.3) is 0 Å². The van der Waals surface area contributed by atoms with Crippen LogP contribution in [0, 0.1) is 61.2 Å². The van der Waals surface area contributed by atoms with Crippen molar-refractivity contribution in [2.75, 3.05) is 12.0 Å². The molecule has 246 valence electrons. The van der Waals surface area contributed by atoms with Crippen LogP contribution >= 0.6 is 0 Å². The lowest BCUT2D eigenvalue weighted by atomic mass is 9.56. The highest BCUT2D eigenvalue weighted by Gasteiger charge is 2.54. The van der Waals surface area contributed by atoms with E-state index in [2.05, 4.69) is 45.1 Å². The number of nitro groups is 2. The minimum Gasteiger partial charge on any atom is -0.465 e. The third kappa shape index (κ3) is 9.48. The van der Waals surface area contributed by atoms with Gasteiger partial charge in [0.1, 0.15) is 5.69 Å². The van der Waals surface area contributed by atoms with E-state index in [1.807, 2.05) is 0 Å². The number of carbonyl (C=O) groups excluding carboxylic acids is 1. The zero-order valence-corrected chi connectivity index (χ0v) is 27.5. The Morgan fingerprint density at radius 3 is 2.55 bits per heavy atom. The van der Waals surface area contributed by atoms with E-state index in [1.54, 1.807) is 6.21 Å². The minimum atomic E-state index is -0.654. The molecule has 0 radical (unpaired) electrons. The second-order valence-corrected chi connectivity index (χ2v) is 13.9. The summed E-state index contributed by atoms with van der Waals surface area (Å²) in [5.41, 5.74) is 2.34. The summed E-state index contributed by atoms with van der Waals surface area (Å²) in [6, 6.07) is 3.49. The lowest BCUT2D eigenvalue weighted by Gasteiger charge is -2.49. The molecule has 1 N–H and O–H groups in total. The van der Waals surface area contributed by atoms with Gasteiger partial charge in [-0.05, 0) is 85.5 Å². The van der Waals surface area contributed by atoms with Crippen LogP contribution in [0.1, 0.15) is 118 Å². The number of fused-ring (bicyclic) bond motifs is 1. The van der Waals surface area contributed by atoms with E-state index in [0.717, 1.165) is 56.9 Å². The number of benzene rings is 1. The largest absolute Gasteiger partial charge is 0.465 e. The molecule has 0 amide bonds. The first kappa shape index (κ1) is 35.4. The van der Waals surface area contributed by atoms with Crippen molar-refractivity contribution in [3.8, 4) is 0 Å². The molecule has 0 heterocycles. The Kier molecular flexibility index (Phi) is 13.6. The lowest BCUT2D eigenvalue weighted by Crippen LogP contribution is -2.44. The van der Waals surface area contributed by atoms with Gasteiger partial charge in [-0.3, -0.25) is 30.4 Å². The highest BCUT2D eigenvalue weighted by atomic mass is 16.6. The number of rotatable bonds is 18. The van der Waals surface area contributed by atoms with Crippen LogP contribution in [-0.4, -0.2) is 28.6 Å². The number of carbonyl (C=O) groups is 1. The second kappa shape index (κ2) is 16.9. The van der Waals surface area contributed by atoms with Gasteiger partial charge >= 0.3 is 11.7 Å². The van der Waals surface area contributed by atoms with E-state index < -0.39 is 15.5 Å². The van der Waals surface area contributed by atoms with E-state index in [-0.39, 0.29) is 34.6 Å². The fourth-order valence-electron chi connectivity index (χ4n) is 8.09. The quantitative estimate of drug-likeness (QED) is 0.0571. The number of hydrogen-bond acceptors (Lipinski definition) is 8. The number of unbranched alkanes of at least 4 members (excludes halogenated alkanes) is 3. The molecule has 1 aromatic rings. The Morgan fingerprint density at radius 1 is 1.09 bits per heavy atom. The molecule has 10 heteroatoms. The van der Waals surface area contributed by atoms with Crippen LogP contribution in [0.2, 0.25) is 0 Å². The third-order valence-electron chi connectivity index (χ3n) is 10.5. The van der Waals surface area contributed by atoms with Crippen molar-refractivity contribution in [2.45, 2.75) is 118 Å². The zero-order chi connectivity index (χ0) is 32.3. The Hall–Kier alpha value is -3.04. The van der Waals surface area contributed by atoms with Gasteiger partial charge in [-0.2, -0.15) is 5.10 Å². The van der Waals surface area contributed by atoms with Crippen LogP contribution < -0.4 is 5.43 Å². The average Bonchev–Trinajstić information content (AvgIpc) is 3.33. The fraction of sp³-hybridized carbons (Fsp3) is 0.765. The van der Waals surface area contributed by atoms with E-state index in [0.29, 0.717) is 37.2 Å². The van der Waals surface area contributed by atoms with Crippen molar-refractivity contribution in [3.63, 3.8) is 0 Å². The Labute approximate surface area is 263 Å². The molecule has 2 unspecified atom stereocenters. The Bertz CT molecular complexity index is 1140. The van der Waals surface area contributed by atoms with Crippen molar-refractivity contribution in [1.82, 2.24) is 0 Å². The van der Waals surface area contributed by atoms with Gasteiger partial charge in [0, 0.05) is 18.7 Å². The number of nitro benzene ring substituents is 2. The number of esters is 1. The zero-order valence-electron chi connectivity index (χ0n) is 27.5. The molecule has 0 aliphatic heterocycles. The summed E-state index contributed by atoms with van der Waals surface area (Å²) in [7, 11) is 0. The molecule has 0 spiro atoms. The summed E-state index contributed by atoms with van der Waals surface area (Å²) in [4.78, 5) is 33.9. The van der Waals surface area contributed by atoms with Gasteiger partial charge in [0.05, 0.1) is 22.5 Å². The average molecular weight is 615 g/mol. The molecule has 0 bridgehead atoms. The molecular formula is C34H54N4O6. The summed E-state index contributed by atoms with van der Waals surface area (Å²) < 4.78 is 5.84. The number of nitrogens with one attached hydrogen (secondary N) is 1. The number of anilines is 1. The summed E-state index contributed by atoms with van der Waals surface area (Å²) in [5.74, 6) is 2.96. The first-order chi connectivity index (χ1) is 21.0. The fourth-order valence-corrected chi connectivity index (χ4v) is 8.09. The lowest BCUT2D eigenvalue weighted by molar-refractivity contribution is -0.393. The predicted octanol–water partition coefficient (Wildman–Crippen LogP) is 9.33. The first-order valence-corrected chi connectivity index (χ1v) is 16.8. The molecule has 10 nitrogen and oxygen atoms in total. The third-order valence-corrected chi connectivity index (χ3v) is 10.5. The molecule has 2 saturated carbocycles. The topological polar surface area (TPSA) is 137 Å². The first-order valence-electron chi connectivity index (χ1n) is 16.8. The van der Waals surface area contributed by atoms with Gasteiger partial charge in [0.25, 0.3) is 5.69 Å². The maximum Gasteiger partial charge on any atom is 0.305 e. The van der Waals surface area contributed by atoms with Gasteiger partial charge in [-0.25, -0.2) is 0 Å². The van der Waals surface area contributed by atoms with E-state index >= 15 is 0 Å². The van der Waals surface area contributed by atoms with Gasteiger partial charge in [0.2, 0.25) is 0 Å². The van der Waals surface area contributed by atoms with E-state index in [9.17, 15) is 25.0 Å². The molecular weight excluding hydrogens is 560 g/mol. The maximum atomic E-state index is 12.6. The Morgan fingerprint density at radius 2 is 1.86 bits per heavy atom. The molecule has 0 aromatic heterocycles. The van der Waals surface area contributed by atoms with Gasteiger partial charge in [-0.1, -0.05) is 73.1 Å². The highest BCUT2D eigenvalue weighted by Crippen LogP contribution is 2.61. The summed E-state index contributed by atoms with van der Waals surface area (Å²) in [6.07, 6.45) is 15.4. The van der Waals surface area contributed by atoms with Gasteiger partial charge in [-0.15, -0.1) is 0 Å². The van der Waals surface area contributed by atoms with Crippen molar-refractivity contribution in [1.29, 1.82) is 0 Å². The smallest absolute Gasteiger partial charge is 0.305 e. The summed E-state index contributed by atoms with van der Waals surface area (Å²) >= 11 is 0. The van der Waals surface area contributed by atoms with Crippen LogP contribution in [0.4, 0.5) is 17.1 Å². The molecule has 2 aliphatic carbocycles. The van der Waals surface area contributed by atoms with Crippen molar-refractivity contribution in [2.24, 2.45) is 46.0 Å². The van der Waals surface area contributed by atoms with Gasteiger partial charge < -0.3 is 4.74 Å². The van der Waals surface area contributed by atoms with Crippen LogP contribution in [-0.2, 0) is 9.53 Å². The molecule has 1 aromatic carbocycles. The summed E-state index contributed by atoms with van der Waals surface area (Å²) in [6.45, 7) is 12.1. The monoisotopic (exact) mass is 614 g/mol. The molecule has 0 saturated heterocycles. The molecule has 44 heavy (non-hydrogen) atoms. The number of ether oxygens (including phenoxy) is 1. The van der Waals surface area contributed by atoms with Crippen molar-refractivity contribution < 1.29 is 19.4 Å². The van der Waals surface area contributed by atoms with E-state index in [1.165, 1.54) is 37.8 Å². The molecule has 2 aliphatic rings. The highest BCUT2D eigenvalue weighted by molar-refractivity contribution is 5.69. The minimum absolute atomic E-state index is 0.107. The van der Waals surface area contributed by atoms with Crippen LogP contribution in [0.5, 0.6) is 0 Å². The SMILES string of the molecule is CCCCCCC(=O)OCC1CC[C@@]2(C)C(CC[C@@H]2[C@H](C)CCCC(C)C)[C@@H]1C/C=N/Nc1ccc([N+](=O)[O-])cc1[N+](=O)[O-]. The number of hydrazone groups is 1. The number of hydrogen-bond donors (Lipinski definition) is 1. The van der Waals surface area contributed by atoms with E-state index in [4.69, 9.17) is 4.74 Å². The maximum absolute atomic E-state index is 12.6. The molecule has 2 fully saturated rings. The molecule has 3 rings (SSSR count). The normalized spacial score (nSPS) is 25.6. The standard InChI is InChI=1S/C34H54N4O6/c1-6-7-8-9-13-33(39)44-23-26-18-20-34(5)29(25(4)12-10-11-24(2)3)15-16-30(34)28(26)19-21-35-36-31-17-14-27(37(40)41)22-32(31)38(42)43/h14,17,21-22,24-26,28-30,36H,6-13,15-16,18-20,23H2,1-5H3/b35-21+/t25-,26?,28-,29-,30?,34-/m1/s1. The van der Waals surface area contributed by atoms with Crippen molar-refractivity contribution >= 4 is 29.2 Å². The molecule has 6 atom stereocenters. The van der Waals surface area contributed by atoms with Gasteiger partial charge in [0.15, 0.2) is 0 Å².